The van der Waals surface area contributed by atoms with E-state index in [1.54, 1.807) is 12.3 Å². The van der Waals surface area contributed by atoms with Crippen LogP contribution < -0.4 is 5.32 Å². The van der Waals surface area contributed by atoms with Crippen molar-refractivity contribution < 1.29 is 4.79 Å². The molecule has 4 nitrogen and oxygen atoms in total. The number of ketones is 1. The summed E-state index contributed by atoms with van der Waals surface area (Å²) in [4.78, 5) is 18.2. The van der Waals surface area contributed by atoms with E-state index in [0.29, 0.717) is 18.3 Å². The fourth-order valence-electron chi connectivity index (χ4n) is 2.21. The van der Waals surface area contributed by atoms with Crippen molar-refractivity contribution in [3.8, 4) is 0 Å². The molecule has 0 unspecified atom stereocenters. The van der Waals surface area contributed by atoms with Crippen LogP contribution in [0.2, 0.25) is 0 Å². The SMILES string of the molecule is CN(CC(=O)c1ccccn1)C1CCNCC1.Cl. The zero-order chi connectivity index (χ0) is 12.1. The van der Waals surface area contributed by atoms with Crippen molar-refractivity contribution in [1.82, 2.24) is 15.2 Å². The Balaban J connectivity index is 0.00000162. The Morgan fingerprint density at radius 2 is 2.17 bits per heavy atom. The zero-order valence-electron chi connectivity index (χ0n) is 10.6. The molecule has 0 atom stereocenters. The number of piperidine rings is 1. The molecule has 1 aromatic heterocycles. The lowest BCUT2D eigenvalue weighted by Crippen LogP contribution is -2.43. The van der Waals surface area contributed by atoms with E-state index >= 15 is 0 Å². The molecule has 0 bridgehead atoms. The van der Waals surface area contributed by atoms with Crippen LogP contribution in [0.3, 0.4) is 0 Å². The van der Waals surface area contributed by atoms with E-state index in [1.807, 2.05) is 19.2 Å². The first kappa shape index (κ1) is 15.1. The van der Waals surface area contributed by atoms with Crippen LogP contribution in [-0.4, -0.2) is 48.4 Å². The van der Waals surface area contributed by atoms with Gasteiger partial charge in [-0.05, 0) is 45.1 Å². The number of rotatable bonds is 4. The Morgan fingerprint density at radius 3 is 2.78 bits per heavy atom. The van der Waals surface area contributed by atoms with Gasteiger partial charge in [0.2, 0.25) is 0 Å². The van der Waals surface area contributed by atoms with Gasteiger partial charge in [-0.3, -0.25) is 14.7 Å². The summed E-state index contributed by atoms with van der Waals surface area (Å²) in [6.07, 6.45) is 3.90. The first-order valence-electron chi connectivity index (χ1n) is 6.12. The van der Waals surface area contributed by atoms with E-state index in [9.17, 15) is 4.79 Å². The van der Waals surface area contributed by atoms with Crippen LogP contribution in [0, 0.1) is 0 Å². The molecule has 1 saturated heterocycles. The Kier molecular flexibility index (Phi) is 6.25. The summed E-state index contributed by atoms with van der Waals surface area (Å²) < 4.78 is 0. The fourth-order valence-corrected chi connectivity index (χ4v) is 2.21. The highest BCUT2D eigenvalue weighted by atomic mass is 35.5. The van der Waals surface area contributed by atoms with Gasteiger partial charge in [-0.15, -0.1) is 12.4 Å². The number of aromatic nitrogens is 1. The van der Waals surface area contributed by atoms with Crippen LogP contribution in [0.15, 0.2) is 24.4 Å². The van der Waals surface area contributed by atoms with Crippen LogP contribution >= 0.6 is 12.4 Å². The van der Waals surface area contributed by atoms with E-state index in [4.69, 9.17) is 0 Å². The fraction of sp³-hybridized carbons (Fsp3) is 0.538. The topological polar surface area (TPSA) is 45.2 Å². The monoisotopic (exact) mass is 269 g/mol. The lowest BCUT2D eigenvalue weighted by atomic mass is 10.0. The molecule has 18 heavy (non-hydrogen) atoms. The molecule has 0 aromatic carbocycles. The number of hydrogen-bond acceptors (Lipinski definition) is 4. The quantitative estimate of drug-likeness (QED) is 0.839. The highest BCUT2D eigenvalue weighted by Gasteiger charge is 2.20. The maximum Gasteiger partial charge on any atom is 0.195 e. The maximum atomic E-state index is 12.0. The van der Waals surface area contributed by atoms with Crippen LogP contribution in [0.25, 0.3) is 0 Å². The summed E-state index contributed by atoms with van der Waals surface area (Å²) >= 11 is 0. The average molecular weight is 270 g/mol. The molecule has 100 valence electrons. The highest BCUT2D eigenvalue weighted by Crippen LogP contribution is 2.10. The van der Waals surface area contributed by atoms with Crippen molar-refractivity contribution in [2.45, 2.75) is 18.9 Å². The number of hydrogen-bond donors (Lipinski definition) is 1. The molecule has 1 N–H and O–H groups in total. The third-order valence-corrected chi connectivity index (χ3v) is 3.28. The molecule has 1 aliphatic rings. The van der Waals surface area contributed by atoms with Crippen molar-refractivity contribution in [3.63, 3.8) is 0 Å². The van der Waals surface area contributed by atoms with Crippen molar-refractivity contribution in [2.24, 2.45) is 0 Å². The van der Waals surface area contributed by atoms with Gasteiger partial charge >= 0.3 is 0 Å². The number of halogens is 1. The van der Waals surface area contributed by atoms with Gasteiger partial charge in [-0.25, -0.2) is 0 Å². The minimum Gasteiger partial charge on any atom is -0.317 e. The van der Waals surface area contributed by atoms with Gasteiger partial charge in [-0.1, -0.05) is 6.07 Å². The number of pyridine rings is 1. The summed E-state index contributed by atoms with van der Waals surface area (Å²) in [7, 11) is 2.02. The van der Waals surface area contributed by atoms with Gasteiger partial charge in [0.05, 0.1) is 6.54 Å². The van der Waals surface area contributed by atoms with Crippen LogP contribution in [0.4, 0.5) is 0 Å². The molecule has 0 aliphatic carbocycles. The number of likely N-dealkylation sites (N-methyl/N-ethyl adjacent to an activating group) is 1. The molecule has 1 aromatic rings. The van der Waals surface area contributed by atoms with Gasteiger partial charge in [0.15, 0.2) is 5.78 Å². The smallest absolute Gasteiger partial charge is 0.195 e. The van der Waals surface area contributed by atoms with Crippen molar-refractivity contribution in [3.05, 3.63) is 30.1 Å². The molecule has 1 fully saturated rings. The Morgan fingerprint density at radius 1 is 1.44 bits per heavy atom. The second-order valence-corrected chi connectivity index (χ2v) is 4.53. The van der Waals surface area contributed by atoms with Gasteiger partial charge in [0.25, 0.3) is 0 Å². The van der Waals surface area contributed by atoms with Gasteiger partial charge in [-0.2, -0.15) is 0 Å². The summed E-state index contributed by atoms with van der Waals surface area (Å²) in [6, 6.07) is 5.97. The number of carbonyl (C=O) groups is 1. The predicted molar refractivity (Wildman–Crippen MR) is 74.3 cm³/mol. The van der Waals surface area contributed by atoms with E-state index in [0.717, 1.165) is 25.9 Å². The minimum absolute atomic E-state index is 0. The Hall–Kier alpha value is -0.970. The number of nitrogens with one attached hydrogen (secondary N) is 1. The third-order valence-electron chi connectivity index (χ3n) is 3.28. The first-order valence-corrected chi connectivity index (χ1v) is 6.12. The molecule has 0 saturated carbocycles. The van der Waals surface area contributed by atoms with Crippen molar-refractivity contribution in [1.29, 1.82) is 0 Å². The molecule has 2 heterocycles. The van der Waals surface area contributed by atoms with Gasteiger partial charge in [0, 0.05) is 12.2 Å². The average Bonchev–Trinajstić information content (AvgIpc) is 2.40. The van der Waals surface area contributed by atoms with E-state index < -0.39 is 0 Å². The van der Waals surface area contributed by atoms with Crippen LogP contribution in [0.5, 0.6) is 0 Å². The molecule has 2 rings (SSSR count). The summed E-state index contributed by atoms with van der Waals surface area (Å²) in [5.74, 6) is 0.103. The van der Waals surface area contributed by atoms with Gasteiger partial charge < -0.3 is 5.32 Å². The largest absolute Gasteiger partial charge is 0.317 e. The van der Waals surface area contributed by atoms with Crippen LogP contribution in [0.1, 0.15) is 23.3 Å². The first-order chi connectivity index (χ1) is 8.27. The lowest BCUT2D eigenvalue weighted by Gasteiger charge is -2.30. The summed E-state index contributed by atoms with van der Waals surface area (Å²) in [6.45, 7) is 2.56. The highest BCUT2D eigenvalue weighted by molar-refractivity contribution is 5.95. The molecule has 0 amide bonds. The Bertz CT molecular complexity index is 366. The van der Waals surface area contributed by atoms with Crippen molar-refractivity contribution in [2.75, 3.05) is 26.7 Å². The zero-order valence-corrected chi connectivity index (χ0v) is 11.4. The molecule has 5 heteroatoms. The number of Topliss-reactive ketones (excluding diaryl/α,β-unsaturated/α-hetero) is 1. The second kappa shape index (κ2) is 7.46. The number of carbonyl (C=O) groups excluding carboxylic acids is 1. The normalized spacial score (nSPS) is 16.3. The maximum absolute atomic E-state index is 12.0. The van der Waals surface area contributed by atoms with Crippen molar-refractivity contribution >= 4 is 18.2 Å². The van der Waals surface area contributed by atoms with Gasteiger partial charge in [0.1, 0.15) is 5.69 Å². The predicted octanol–water partition coefficient (Wildman–Crippen LogP) is 1.37. The molecular formula is C13H20ClN3O. The standard InChI is InChI=1S/C13H19N3O.ClH/c1-16(11-5-8-14-9-6-11)10-13(17)12-4-2-3-7-15-12;/h2-4,7,11,14H,5-6,8-10H2,1H3;1H. The van der Waals surface area contributed by atoms with E-state index in [-0.39, 0.29) is 18.2 Å². The van der Waals surface area contributed by atoms with E-state index in [1.165, 1.54) is 0 Å². The number of nitrogens with zero attached hydrogens (tertiary/aromatic N) is 2. The summed E-state index contributed by atoms with van der Waals surface area (Å²) in [5.41, 5.74) is 0.563. The molecule has 1 aliphatic heterocycles. The molecular weight excluding hydrogens is 250 g/mol. The summed E-state index contributed by atoms with van der Waals surface area (Å²) in [5, 5.41) is 3.33. The third kappa shape index (κ3) is 4.05. The second-order valence-electron chi connectivity index (χ2n) is 4.53. The lowest BCUT2D eigenvalue weighted by molar-refractivity contribution is 0.0898. The molecule has 0 spiro atoms. The Labute approximate surface area is 114 Å². The minimum atomic E-state index is 0. The van der Waals surface area contributed by atoms with Crippen LogP contribution in [-0.2, 0) is 0 Å². The molecule has 0 radical (unpaired) electrons. The van der Waals surface area contributed by atoms with E-state index in [2.05, 4.69) is 15.2 Å².